The molecule has 0 radical (unpaired) electrons. The van der Waals surface area contributed by atoms with Crippen LogP contribution in [0.1, 0.15) is 129 Å². The Hall–Kier alpha value is -1.86. The second kappa shape index (κ2) is 22.3. The van der Waals surface area contributed by atoms with Crippen LogP contribution in [0.25, 0.3) is 0 Å². The Morgan fingerprint density at radius 2 is 1.67 bits per heavy atom. The zero-order chi connectivity index (χ0) is 41.7. The molecule has 0 amide bonds. The number of rotatable bonds is 19. The van der Waals surface area contributed by atoms with Gasteiger partial charge in [0, 0.05) is 32.0 Å². The molecule has 0 aromatic heterocycles. The number of ether oxygens (including phenoxy) is 7. The summed E-state index contributed by atoms with van der Waals surface area (Å²) in [5.41, 5.74) is -0.0519. The van der Waals surface area contributed by atoms with Crippen molar-refractivity contribution in [3.05, 3.63) is 36.0 Å². The van der Waals surface area contributed by atoms with Crippen molar-refractivity contribution < 1.29 is 47.2 Å². The lowest BCUT2D eigenvalue weighted by Gasteiger charge is -2.42. The second-order valence-corrected chi connectivity index (χ2v) is 22.2. The summed E-state index contributed by atoms with van der Waals surface area (Å²) in [6.45, 7) is 33.6. The molecule has 55 heavy (non-hydrogen) atoms. The number of esters is 2. The van der Waals surface area contributed by atoms with Crippen molar-refractivity contribution in [2.75, 3.05) is 13.2 Å². The number of epoxide rings is 1. The zero-order valence-corrected chi connectivity index (χ0v) is 38.3. The van der Waals surface area contributed by atoms with E-state index < -0.39 is 44.5 Å². The van der Waals surface area contributed by atoms with Gasteiger partial charge in [0.05, 0.1) is 30.8 Å². The number of carbonyl (C=O) groups excluding carboxylic acids is 2. The number of hydrogen-bond acceptors (Lipinski definition) is 10. The van der Waals surface area contributed by atoms with Crippen LogP contribution in [0.3, 0.4) is 0 Å². The molecule has 1 fully saturated rings. The third kappa shape index (κ3) is 16.1. The summed E-state index contributed by atoms with van der Waals surface area (Å²) in [5.74, 6) is -0.407. The van der Waals surface area contributed by atoms with Gasteiger partial charge in [-0.05, 0) is 103 Å². The highest BCUT2D eigenvalue weighted by molar-refractivity contribution is 6.74. The van der Waals surface area contributed by atoms with Crippen LogP contribution in [0.15, 0.2) is 36.0 Å². The minimum atomic E-state index is -2.28. The summed E-state index contributed by atoms with van der Waals surface area (Å²) < 4.78 is 49.3. The quantitative estimate of drug-likeness (QED) is 0.0313. The van der Waals surface area contributed by atoms with Gasteiger partial charge in [-0.3, -0.25) is 9.59 Å². The van der Waals surface area contributed by atoms with Crippen molar-refractivity contribution in [3.63, 3.8) is 0 Å². The highest BCUT2D eigenvalue weighted by Crippen LogP contribution is 2.40. The van der Waals surface area contributed by atoms with E-state index in [1.807, 2.05) is 72.8 Å². The van der Waals surface area contributed by atoms with E-state index in [2.05, 4.69) is 60.7 Å². The zero-order valence-electron chi connectivity index (χ0n) is 37.3. The summed E-state index contributed by atoms with van der Waals surface area (Å²) in [6.07, 6.45) is 11.0. The lowest BCUT2D eigenvalue weighted by molar-refractivity contribution is -0.227. The number of allylic oxidation sites excluding steroid dienone is 3. The maximum Gasteiger partial charge on any atom is 0.308 e. The smallest absolute Gasteiger partial charge is 0.308 e. The number of cyclic esters (lactones) is 1. The molecule has 10 nitrogen and oxygen atoms in total. The molecular weight excluding hydrogens is 717 g/mol. The molecule has 2 aliphatic rings. The lowest BCUT2D eigenvalue weighted by Crippen LogP contribution is -2.48. The molecule has 12 unspecified atom stereocenters. The monoisotopic (exact) mass is 795 g/mol. The Morgan fingerprint density at radius 1 is 1.04 bits per heavy atom. The Labute approximate surface area is 335 Å². The maximum absolute atomic E-state index is 13.8. The highest BCUT2D eigenvalue weighted by Gasteiger charge is 2.46. The first-order chi connectivity index (χ1) is 25.6. The molecule has 1 saturated heterocycles. The first kappa shape index (κ1) is 49.3. The lowest BCUT2D eigenvalue weighted by atomic mass is 9.88. The molecule has 318 valence electrons. The van der Waals surface area contributed by atoms with E-state index in [-0.39, 0.29) is 59.8 Å². The highest BCUT2D eigenvalue weighted by atomic mass is 28.4. The standard InChI is InChI=1S/C44H78O10Si/c1-17-37(50-34(9)47-18-2)32(7)42-38(51-42)27-29(4)21-20-22-30(5)41-31(6)23-24-39(49-33(8)45)44(14,53-35(10)48-19-3)26-25-36(28-40(46)52-41)54-55(15,16)43(11,12)13/h20-24,29,31-32,34-39,41-42H,17-19,25-28H2,1-16H3/b21-20+,24-23-,30-22+. The Morgan fingerprint density at radius 3 is 2.25 bits per heavy atom. The Balaban J connectivity index is 2.35. The first-order valence-corrected chi connectivity index (χ1v) is 23.8. The van der Waals surface area contributed by atoms with E-state index in [4.69, 9.17) is 37.6 Å². The minimum absolute atomic E-state index is 0.0632. The summed E-state index contributed by atoms with van der Waals surface area (Å²) in [7, 11) is -2.28. The van der Waals surface area contributed by atoms with E-state index in [9.17, 15) is 9.59 Å². The minimum Gasteiger partial charge on any atom is -0.457 e. The van der Waals surface area contributed by atoms with E-state index in [1.54, 1.807) is 0 Å². The van der Waals surface area contributed by atoms with Crippen LogP contribution < -0.4 is 0 Å². The molecular formula is C44H78O10Si. The van der Waals surface area contributed by atoms with Gasteiger partial charge in [-0.15, -0.1) is 0 Å². The van der Waals surface area contributed by atoms with Gasteiger partial charge in [-0.1, -0.05) is 72.8 Å². The molecule has 2 aliphatic heterocycles. The summed E-state index contributed by atoms with van der Waals surface area (Å²) in [5, 5.41) is -0.0632. The predicted molar refractivity (Wildman–Crippen MR) is 221 cm³/mol. The fraction of sp³-hybridized carbons (Fsp3) is 0.818. The summed E-state index contributed by atoms with van der Waals surface area (Å²) in [4.78, 5) is 26.3. The van der Waals surface area contributed by atoms with Crippen molar-refractivity contribution in [2.24, 2.45) is 17.8 Å². The van der Waals surface area contributed by atoms with Gasteiger partial charge in [0.25, 0.3) is 0 Å². The molecule has 12 atom stereocenters. The Kier molecular flexibility index (Phi) is 20.0. The van der Waals surface area contributed by atoms with Crippen molar-refractivity contribution in [1.29, 1.82) is 0 Å². The van der Waals surface area contributed by atoms with Crippen LogP contribution in [0.4, 0.5) is 0 Å². The molecule has 2 heterocycles. The molecule has 0 bridgehead atoms. The third-order valence-corrected chi connectivity index (χ3v) is 16.0. The van der Waals surface area contributed by atoms with Gasteiger partial charge >= 0.3 is 11.9 Å². The average molecular weight is 795 g/mol. The fourth-order valence-corrected chi connectivity index (χ4v) is 8.53. The van der Waals surface area contributed by atoms with Crippen LogP contribution in [-0.2, 0) is 47.2 Å². The Bertz CT molecular complexity index is 1270. The van der Waals surface area contributed by atoms with E-state index in [0.717, 1.165) is 18.4 Å². The molecule has 0 N–H and O–H groups in total. The van der Waals surface area contributed by atoms with Crippen molar-refractivity contribution in [3.8, 4) is 0 Å². The van der Waals surface area contributed by atoms with Gasteiger partial charge in [0.15, 0.2) is 20.9 Å². The normalized spacial score (nSPS) is 30.7. The van der Waals surface area contributed by atoms with Crippen LogP contribution in [0.2, 0.25) is 18.1 Å². The van der Waals surface area contributed by atoms with Gasteiger partial charge < -0.3 is 37.6 Å². The molecule has 2 rings (SSSR count). The molecule has 0 aromatic carbocycles. The van der Waals surface area contributed by atoms with Gasteiger partial charge in [0.1, 0.15) is 17.8 Å². The van der Waals surface area contributed by atoms with Crippen molar-refractivity contribution in [2.45, 2.75) is 202 Å². The SMILES string of the molecule is CCOC(C)OC(CC)C(C)C1OC1CC(C)/C=C/C=C(\C)C1OC(=O)CC(O[Si](C)(C)C(C)(C)C)CCC(C)(OC(C)OCC)C(OC(C)=O)/C=C\C1C. The van der Waals surface area contributed by atoms with Crippen LogP contribution >= 0.6 is 0 Å². The number of carbonyl (C=O) groups is 2. The summed E-state index contributed by atoms with van der Waals surface area (Å²) >= 11 is 0. The van der Waals surface area contributed by atoms with Gasteiger partial charge in [0.2, 0.25) is 0 Å². The molecule has 0 spiro atoms. The van der Waals surface area contributed by atoms with E-state index in [1.165, 1.54) is 6.92 Å². The van der Waals surface area contributed by atoms with Crippen LogP contribution in [0, 0.1) is 17.8 Å². The topological polar surface area (TPSA) is 111 Å². The van der Waals surface area contributed by atoms with E-state index in [0.29, 0.717) is 26.1 Å². The second-order valence-electron chi connectivity index (χ2n) is 17.5. The largest absolute Gasteiger partial charge is 0.457 e. The van der Waals surface area contributed by atoms with Gasteiger partial charge in [-0.25, -0.2) is 0 Å². The molecule has 0 aliphatic carbocycles. The summed E-state index contributed by atoms with van der Waals surface area (Å²) in [6, 6.07) is 0. The third-order valence-electron chi connectivity index (χ3n) is 11.4. The average Bonchev–Trinajstić information content (AvgIpc) is 3.84. The van der Waals surface area contributed by atoms with Crippen molar-refractivity contribution in [1.82, 2.24) is 0 Å². The fourth-order valence-electron chi connectivity index (χ4n) is 7.14. The molecule has 0 saturated carbocycles. The van der Waals surface area contributed by atoms with Gasteiger partial charge in [-0.2, -0.15) is 0 Å². The van der Waals surface area contributed by atoms with Crippen LogP contribution in [-0.4, -0.2) is 88.3 Å². The first-order valence-electron chi connectivity index (χ1n) is 20.9. The predicted octanol–water partition coefficient (Wildman–Crippen LogP) is 9.86. The van der Waals surface area contributed by atoms with Crippen molar-refractivity contribution >= 4 is 20.3 Å². The molecule has 11 heteroatoms. The van der Waals surface area contributed by atoms with E-state index >= 15 is 0 Å². The van der Waals surface area contributed by atoms with Crippen LogP contribution in [0.5, 0.6) is 0 Å². The number of hydrogen-bond donors (Lipinski definition) is 0. The molecule has 0 aromatic rings. The maximum atomic E-state index is 13.8.